The molecule has 9 heteroatoms. The maximum Gasteiger partial charge on any atom is 0.270 e. The number of ether oxygens (including phenoxy) is 4. The lowest BCUT2D eigenvalue weighted by Gasteiger charge is -2.27. The van der Waals surface area contributed by atoms with E-state index in [2.05, 4.69) is 0 Å². The summed E-state index contributed by atoms with van der Waals surface area (Å²) in [6, 6.07) is 5.93. The highest BCUT2D eigenvalue weighted by Gasteiger charge is 2.70. The Morgan fingerprint density at radius 3 is 2.77 bits per heavy atom. The third kappa shape index (κ3) is 2.51. The van der Waals surface area contributed by atoms with Crippen molar-refractivity contribution in [2.75, 3.05) is 6.61 Å². The molecule has 0 saturated carbocycles. The summed E-state index contributed by atoms with van der Waals surface area (Å²) in [4.78, 5) is 10.5. The molecule has 0 amide bonds. The van der Waals surface area contributed by atoms with Gasteiger partial charge in [-0.2, -0.15) is 0 Å². The van der Waals surface area contributed by atoms with Gasteiger partial charge in [0.2, 0.25) is 0 Å². The first kappa shape index (κ1) is 17.4. The molecule has 0 aromatic heterocycles. The molecule has 5 atom stereocenters. The summed E-state index contributed by atoms with van der Waals surface area (Å²) in [7, 11) is 0. The lowest BCUT2D eigenvalue weighted by molar-refractivity contribution is -0.384. The highest BCUT2D eigenvalue weighted by molar-refractivity contribution is 5.58. The first-order chi connectivity index (χ1) is 12.2. The fourth-order valence-electron chi connectivity index (χ4n) is 3.67. The Labute approximate surface area is 148 Å². The fourth-order valence-corrected chi connectivity index (χ4v) is 3.67. The fraction of sp³-hybridized carbons (Fsp3) is 0.529. The van der Waals surface area contributed by atoms with Crippen LogP contribution in [0.1, 0.15) is 19.4 Å². The minimum absolute atomic E-state index is 0.0817. The number of rotatable bonds is 3. The molecule has 9 nitrogen and oxygen atoms in total. The highest BCUT2D eigenvalue weighted by Crippen LogP contribution is 2.52. The van der Waals surface area contributed by atoms with Crippen LogP contribution in [0.25, 0.3) is 6.08 Å². The van der Waals surface area contributed by atoms with E-state index < -0.39 is 40.9 Å². The number of aliphatic hydroxyl groups excluding tert-OH is 1. The number of nitro groups is 1. The number of nitro benzene ring substituents is 1. The molecule has 1 aromatic carbocycles. The van der Waals surface area contributed by atoms with Crippen LogP contribution >= 0.6 is 0 Å². The lowest BCUT2D eigenvalue weighted by atomic mass is 9.89. The Morgan fingerprint density at radius 1 is 1.31 bits per heavy atom. The van der Waals surface area contributed by atoms with E-state index in [0.29, 0.717) is 5.56 Å². The minimum Gasteiger partial charge on any atom is -0.486 e. The first-order valence-electron chi connectivity index (χ1n) is 8.22. The zero-order valence-electron chi connectivity index (χ0n) is 14.2. The standard InChI is InChI=1S/C17H19NO8/c1-16(2)25-14-15(26-16)24-13-11(8-19)23-12(17(13,14)20)7-9-4-3-5-10(6-9)18(21)22/h3-7,11,13-15,19-20H,8H2,1-2H3/b12-7-/t11-,13+,14-,15+,17+/m0/s1. The van der Waals surface area contributed by atoms with Gasteiger partial charge in [-0.1, -0.05) is 12.1 Å². The second-order valence-electron chi connectivity index (χ2n) is 7.01. The maximum absolute atomic E-state index is 11.4. The normalized spacial score (nSPS) is 38.8. The Morgan fingerprint density at radius 2 is 2.08 bits per heavy atom. The van der Waals surface area contributed by atoms with E-state index in [4.69, 9.17) is 18.9 Å². The summed E-state index contributed by atoms with van der Waals surface area (Å²) < 4.78 is 22.9. The van der Waals surface area contributed by atoms with Crippen LogP contribution in [0.5, 0.6) is 0 Å². The van der Waals surface area contributed by atoms with Gasteiger partial charge in [0.05, 0.1) is 11.5 Å². The van der Waals surface area contributed by atoms with E-state index in [1.807, 2.05) is 0 Å². The molecule has 3 saturated heterocycles. The number of benzene rings is 1. The van der Waals surface area contributed by atoms with Crippen LogP contribution in [-0.4, -0.2) is 57.7 Å². The van der Waals surface area contributed by atoms with Crippen LogP contribution in [0.4, 0.5) is 5.69 Å². The molecule has 0 radical (unpaired) electrons. The molecule has 0 aliphatic carbocycles. The number of hydrogen-bond donors (Lipinski definition) is 2. The van der Waals surface area contributed by atoms with Gasteiger partial charge in [-0.15, -0.1) is 0 Å². The number of hydrogen-bond acceptors (Lipinski definition) is 8. The van der Waals surface area contributed by atoms with Gasteiger partial charge in [-0.25, -0.2) is 0 Å². The van der Waals surface area contributed by atoms with Gasteiger partial charge in [0, 0.05) is 12.1 Å². The Hall–Kier alpha value is -2.04. The molecule has 0 spiro atoms. The third-order valence-electron chi connectivity index (χ3n) is 4.78. The van der Waals surface area contributed by atoms with Gasteiger partial charge in [0.15, 0.2) is 29.9 Å². The molecule has 0 bridgehead atoms. The molecule has 3 heterocycles. The zero-order valence-corrected chi connectivity index (χ0v) is 14.2. The molecule has 140 valence electrons. The van der Waals surface area contributed by atoms with E-state index >= 15 is 0 Å². The monoisotopic (exact) mass is 365 g/mol. The lowest BCUT2D eigenvalue weighted by Crippen LogP contribution is -2.49. The average Bonchev–Trinajstić information content (AvgIpc) is 3.13. The predicted octanol–water partition coefficient (Wildman–Crippen LogP) is 0.934. The number of fused-ring (bicyclic) bond motifs is 3. The summed E-state index contributed by atoms with van der Waals surface area (Å²) in [6.07, 6.45) is -1.82. The summed E-state index contributed by atoms with van der Waals surface area (Å²) in [5, 5.41) is 31.9. The molecule has 3 fully saturated rings. The molecule has 3 aliphatic rings. The van der Waals surface area contributed by atoms with Crippen molar-refractivity contribution in [3.05, 3.63) is 45.7 Å². The smallest absolute Gasteiger partial charge is 0.270 e. The summed E-state index contributed by atoms with van der Waals surface area (Å²) in [5.74, 6) is -0.819. The van der Waals surface area contributed by atoms with Gasteiger partial charge in [0.25, 0.3) is 5.69 Å². The van der Waals surface area contributed by atoms with Crippen molar-refractivity contribution < 1.29 is 34.1 Å². The Bertz CT molecular complexity index is 778. The molecular formula is C17H19NO8. The van der Waals surface area contributed by atoms with Crippen molar-refractivity contribution in [1.82, 2.24) is 0 Å². The average molecular weight is 365 g/mol. The molecule has 1 aromatic rings. The molecule has 2 N–H and O–H groups in total. The minimum atomic E-state index is -1.67. The second-order valence-corrected chi connectivity index (χ2v) is 7.01. The number of aliphatic hydroxyl groups is 2. The van der Waals surface area contributed by atoms with E-state index in [0.717, 1.165) is 0 Å². The summed E-state index contributed by atoms with van der Waals surface area (Å²) >= 11 is 0. The first-order valence-corrected chi connectivity index (χ1v) is 8.22. The van der Waals surface area contributed by atoms with E-state index in [9.17, 15) is 20.3 Å². The van der Waals surface area contributed by atoms with E-state index in [1.54, 1.807) is 19.9 Å². The molecule has 0 unspecified atom stereocenters. The second kappa shape index (κ2) is 5.73. The van der Waals surface area contributed by atoms with Crippen molar-refractivity contribution in [3.8, 4) is 0 Å². The highest BCUT2D eigenvalue weighted by atomic mass is 16.8. The molecule has 4 rings (SSSR count). The van der Waals surface area contributed by atoms with Crippen LogP contribution in [0.2, 0.25) is 0 Å². The van der Waals surface area contributed by atoms with Crippen LogP contribution in [0, 0.1) is 10.1 Å². The van der Waals surface area contributed by atoms with Gasteiger partial charge < -0.3 is 29.2 Å². The third-order valence-corrected chi connectivity index (χ3v) is 4.78. The van der Waals surface area contributed by atoms with E-state index in [1.165, 1.54) is 24.3 Å². The van der Waals surface area contributed by atoms with Gasteiger partial charge >= 0.3 is 0 Å². The van der Waals surface area contributed by atoms with Crippen LogP contribution < -0.4 is 0 Å². The SMILES string of the molecule is CC1(C)O[C@H]2O[C@@H]3[C@H](CO)O/C(=C\c4cccc([N+](=O)[O-])c4)[C@]3(O)[C@H]2O1. The van der Waals surface area contributed by atoms with Crippen LogP contribution in [-0.2, 0) is 18.9 Å². The Kier molecular flexibility index (Phi) is 3.83. The van der Waals surface area contributed by atoms with Crippen molar-refractivity contribution in [3.63, 3.8) is 0 Å². The van der Waals surface area contributed by atoms with Gasteiger partial charge in [-0.05, 0) is 25.5 Å². The van der Waals surface area contributed by atoms with Crippen molar-refractivity contribution in [2.24, 2.45) is 0 Å². The summed E-state index contributed by atoms with van der Waals surface area (Å²) in [5.41, 5.74) is -1.28. The van der Waals surface area contributed by atoms with Crippen molar-refractivity contribution in [2.45, 2.75) is 49.8 Å². The van der Waals surface area contributed by atoms with Crippen molar-refractivity contribution >= 4 is 11.8 Å². The van der Waals surface area contributed by atoms with Gasteiger partial charge in [-0.3, -0.25) is 10.1 Å². The zero-order chi connectivity index (χ0) is 18.7. The van der Waals surface area contributed by atoms with E-state index in [-0.39, 0.29) is 18.1 Å². The molecule has 3 aliphatic heterocycles. The Balaban J connectivity index is 1.74. The maximum atomic E-state index is 11.4. The van der Waals surface area contributed by atoms with Crippen LogP contribution in [0.3, 0.4) is 0 Å². The van der Waals surface area contributed by atoms with Gasteiger partial charge in [0.1, 0.15) is 11.9 Å². The number of nitrogens with zero attached hydrogens (tertiary/aromatic N) is 1. The predicted molar refractivity (Wildman–Crippen MR) is 86.7 cm³/mol. The topological polar surface area (TPSA) is 121 Å². The molecular weight excluding hydrogens is 346 g/mol. The van der Waals surface area contributed by atoms with Crippen LogP contribution in [0.15, 0.2) is 30.0 Å². The van der Waals surface area contributed by atoms with Crippen molar-refractivity contribution in [1.29, 1.82) is 0 Å². The quantitative estimate of drug-likeness (QED) is 0.600. The number of non-ortho nitro benzene ring substituents is 1. The largest absolute Gasteiger partial charge is 0.486 e. The molecule has 26 heavy (non-hydrogen) atoms. The summed E-state index contributed by atoms with van der Waals surface area (Å²) in [6.45, 7) is 3.04.